The van der Waals surface area contributed by atoms with Crippen molar-refractivity contribution in [2.75, 3.05) is 44.8 Å². The second-order valence-electron chi connectivity index (χ2n) is 9.08. The Labute approximate surface area is 184 Å². The summed E-state index contributed by atoms with van der Waals surface area (Å²) in [4.78, 5) is 20.3. The Kier molecular flexibility index (Phi) is 9.30. The van der Waals surface area contributed by atoms with Crippen molar-refractivity contribution >= 4 is 11.7 Å². The van der Waals surface area contributed by atoms with Gasteiger partial charge >= 0.3 is 6.18 Å². The van der Waals surface area contributed by atoms with E-state index in [4.69, 9.17) is 4.74 Å². The van der Waals surface area contributed by atoms with Gasteiger partial charge in [0.25, 0.3) is 0 Å². The average molecular weight is 444 g/mol. The zero-order valence-electron chi connectivity index (χ0n) is 19.2. The number of nitrogens with zero attached hydrogens (tertiary/aromatic N) is 3. The number of pyridine rings is 1. The van der Waals surface area contributed by atoms with Crippen LogP contribution in [0.25, 0.3) is 0 Å². The maximum absolute atomic E-state index is 13.2. The molecule has 0 atom stereocenters. The molecular weight excluding hydrogens is 407 g/mol. The number of alkyl halides is 3. The van der Waals surface area contributed by atoms with Crippen LogP contribution in [0, 0.1) is 11.3 Å². The third-order valence-electron chi connectivity index (χ3n) is 5.88. The van der Waals surface area contributed by atoms with Crippen LogP contribution in [0.4, 0.5) is 19.0 Å². The number of carbonyl (C=O) groups excluding carboxylic acids is 1. The SMILES string of the molecule is CCC(=O)N(CC1(CCCN(C)CC(C)C)CCOCC1)c1cccc(C(F)(F)F)n1. The average Bonchev–Trinajstić information content (AvgIpc) is 2.71. The van der Waals surface area contributed by atoms with Crippen molar-refractivity contribution in [1.29, 1.82) is 0 Å². The van der Waals surface area contributed by atoms with Gasteiger partial charge in [0, 0.05) is 32.7 Å². The molecule has 0 unspecified atom stereocenters. The van der Waals surface area contributed by atoms with E-state index in [1.165, 1.54) is 17.0 Å². The molecule has 1 saturated heterocycles. The minimum Gasteiger partial charge on any atom is -0.381 e. The monoisotopic (exact) mass is 443 g/mol. The van der Waals surface area contributed by atoms with Gasteiger partial charge in [0.05, 0.1) is 0 Å². The van der Waals surface area contributed by atoms with Crippen LogP contribution in [-0.2, 0) is 15.7 Å². The van der Waals surface area contributed by atoms with Gasteiger partial charge in [0.15, 0.2) is 0 Å². The van der Waals surface area contributed by atoms with E-state index in [2.05, 4.69) is 30.8 Å². The Morgan fingerprint density at radius 3 is 2.52 bits per heavy atom. The first kappa shape index (κ1) is 25.6. The summed E-state index contributed by atoms with van der Waals surface area (Å²) in [7, 11) is 2.11. The van der Waals surface area contributed by atoms with Gasteiger partial charge in [-0.15, -0.1) is 0 Å². The van der Waals surface area contributed by atoms with Gasteiger partial charge in [0.1, 0.15) is 11.5 Å². The summed E-state index contributed by atoms with van der Waals surface area (Å²) in [5.74, 6) is 0.450. The van der Waals surface area contributed by atoms with Gasteiger partial charge in [-0.3, -0.25) is 9.69 Å². The second-order valence-corrected chi connectivity index (χ2v) is 9.08. The Morgan fingerprint density at radius 2 is 1.94 bits per heavy atom. The highest BCUT2D eigenvalue weighted by Gasteiger charge is 2.37. The summed E-state index contributed by atoms with van der Waals surface area (Å²) < 4.78 is 45.1. The minimum atomic E-state index is -4.55. The smallest absolute Gasteiger partial charge is 0.381 e. The molecule has 31 heavy (non-hydrogen) atoms. The summed E-state index contributed by atoms with van der Waals surface area (Å²) in [6, 6.07) is 3.75. The summed E-state index contributed by atoms with van der Waals surface area (Å²) in [6.07, 6.45) is -0.907. The third kappa shape index (κ3) is 7.75. The predicted molar refractivity (Wildman–Crippen MR) is 116 cm³/mol. The number of aromatic nitrogens is 1. The first-order valence-corrected chi connectivity index (χ1v) is 11.2. The fraction of sp³-hybridized carbons (Fsp3) is 0.739. The van der Waals surface area contributed by atoms with Gasteiger partial charge in [-0.2, -0.15) is 13.2 Å². The van der Waals surface area contributed by atoms with Crippen molar-refractivity contribution in [2.45, 2.75) is 59.1 Å². The molecule has 2 heterocycles. The fourth-order valence-electron chi connectivity index (χ4n) is 4.28. The molecular formula is C23H36F3N3O2. The number of hydrogen-bond acceptors (Lipinski definition) is 4. The molecule has 1 aromatic rings. The van der Waals surface area contributed by atoms with Gasteiger partial charge in [-0.25, -0.2) is 4.98 Å². The number of halogens is 3. The van der Waals surface area contributed by atoms with Crippen LogP contribution in [0.1, 0.15) is 58.6 Å². The van der Waals surface area contributed by atoms with Crippen molar-refractivity contribution in [2.24, 2.45) is 11.3 Å². The molecule has 0 aromatic carbocycles. The van der Waals surface area contributed by atoms with Crippen molar-refractivity contribution in [3.8, 4) is 0 Å². The molecule has 0 N–H and O–H groups in total. The molecule has 1 fully saturated rings. The number of anilines is 1. The molecule has 1 aliphatic rings. The summed E-state index contributed by atoms with van der Waals surface area (Å²) in [5, 5.41) is 0. The van der Waals surface area contributed by atoms with Gasteiger partial charge < -0.3 is 9.64 Å². The summed E-state index contributed by atoms with van der Waals surface area (Å²) in [6.45, 7) is 9.64. The quantitative estimate of drug-likeness (QED) is 0.510. The third-order valence-corrected chi connectivity index (χ3v) is 5.88. The van der Waals surface area contributed by atoms with Gasteiger partial charge in [-0.1, -0.05) is 26.8 Å². The lowest BCUT2D eigenvalue weighted by atomic mass is 9.75. The molecule has 1 aliphatic heterocycles. The molecule has 0 spiro atoms. The van der Waals surface area contributed by atoms with Crippen LogP contribution in [-0.4, -0.2) is 55.7 Å². The predicted octanol–water partition coefficient (Wildman–Crippen LogP) is 5.01. The van der Waals surface area contributed by atoms with E-state index in [9.17, 15) is 18.0 Å². The van der Waals surface area contributed by atoms with E-state index >= 15 is 0 Å². The zero-order valence-corrected chi connectivity index (χ0v) is 19.2. The molecule has 2 rings (SSSR count). The zero-order chi connectivity index (χ0) is 23.1. The lowest BCUT2D eigenvalue weighted by Gasteiger charge is -2.41. The van der Waals surface area contributed by atoms with Crippen molar-refractivity contribution in [3.63, 3.8) is 0 Å². The van der Waals surface area contributed by atoms with E-state index in [1.54, 1.807) is 6.92 Å². The second kappa shape index (κ2) is 11.3. The number of carbonyl (C=O) groups is 1. The van der Waals surface area contributed by atoms with Crippen molar-refractivity contribution < 1.29 is 22.7 Å². The van der Waals surface area contributed by atoms with Crippen LogP contribution >= 0.6 is 0 Å². The van der Waals surface area contributed by atoms with Crippen LogP contribution in [0.2, 0.25) is 0 Å². The molecule has 8 heteroatoms. The lowest BCUT2D eigenvalue weighted by Crippen LogP contribution is -2.45. The molecule has 0 radical (unpaired) electrons. The van der Waals surface area contributed by atoms with Crippen LogP contribution in [0.15, 0.2) is 18.2 Å². The molecule has 5 nitrogen and oxygen atoms in total. The number of amides is 1. The number of rotatable bonds is 10. The Balaban J connectivity index is 2.21. The lowest BCUT2D eigenvalue weighted by molar-refractivity contribution is -0.141. The minimum absolute atomic E-state index is 0.0736. The Bertz CT molecular complexity index is 704. The van der Waals surface area contributed by atoms with Crippen molar-refractivity contribution in [3.05, 3.63) is 23.9 Å². The summed E-state index contributed by atoms with van der Waals surface area (Å²) >= 11 is 0. The molecule has 0 saturated carbocycles. The normalized spacial score (nSPS) is 16.7. The van der Waals surface area contributed by atoms with Crippen LogP contribution in [0.3, 0.4) is 0 Å². The highest BCUT2D eigenvalue weighted by Crippen LogP contribution is 2.38. The van der Waals surface area contributed by atoms with E-state index in [-0.39, 0.29) is 23.6 Å². The van der Waals surface area contributed by atoms with E-state index in [1.807, 2.05) is 0 Å². The number of hydrogen-bond donors (Lipinski definition) is 0. The van der Waals surface area contributed by atoms with Gasteiger partial charge in [-0.05, 0) is 62.7 Å². The standard InChI is InChI=1S/C23H36F3N3O2/c1-5-21(30)29(20-9-6-8-19(27-20)23(24,25)26)17-22(11-14-31-15-12-22)10-7-13-28(4)16-18(2)3/h6,8-9,18H,5,7,10-17H2,1-4H3. The maximum Gasteiger partial charge on any atom is 0.433 e. The molecule has 1 aromatic heterocycles. The molecule has 176 valence electrons. The van der Waals surface area contributed by atoms with Crippen LogP contribution in [0.5, 0.6) is 0 Å². The van der Waals surface area contributed by atoms with E-state index in [0.717, 1.165) is 44.8 Å². The largest absolute Gasteiger partial charge is 0.433 e. The first-order valence-electron chi connectivity index (χ1n) is 11.2. The molecule has 0 bridgehead atoms. The topological polar surface area (TPSA) is 45.7 Å². The van der Waals surface area contributed by atoms with E-state index < -0.39 is 11.9 Å². The Morgan fingerprint density at radius 1 is 1.26 bits per heavy atom. The Hall–Kier alpha value is -1.67. The molecule has 0 aliphatic carbocycles. The first-order chi connectivity index (χ1) is 14.6. The highest BCUT2D eigenvalue weighted by molar-refractivity contribution is 5.92. The van der Waals surface area contributed by atoms with Gasteiger partial charge in [0.2, 0.25) is 5.91 Å². The van der Waals surface area contributed by atoms with E-state index in [0.29, 0.717) is 25.7 Å². The molecule has 1 amide bonds. The fourth-order valence-corrected chi connectivity index (χ4v) is 4.28. The maximum atomic E-state index is 13.2. The van der Waals surface area contributed by atoms with Crippen LogP contribution < -0.4 is 4.90 Å². The summed E-state index contributed by atoms with van der Waals surface area (Å²) in [5.41, 5.74) is -1.16. The highest BCUT2D eigenvalue weighted by atomic mass is 19.4. The number of ether oxygens (including phenoxy) is 1. The van der Waals surface area contributed by atoms with Crippen molar-refractivity contribution in [1.82, 2.24) is 9.88 Å².